The zero-order valence-electron chi connectivity index (χ0n) is 18.7. The lowest BCUT2D eigenvalue weighted by Gasteiger charge is -2.41. The van der Waals surface area contributed by atoms with Crippen molar-refractivity contribution in [3.05, 3.63) is 23.4 Å². The summed E-state index contributed by atoms with van der Waals surface area (Å²) in [5, 5.41) is 0. The maximum Gasteiger partial charge on any atom is 0.306 e. The summed E-state index contributed by atoms with van der Waals surface area (Å²) < 4.78 is 4.91. The molecule has 1 unspecified atom stereocenters. The van der Waals surface area contributed by atoms with E-state index in [4.69, 9.17) is 4.74 Å². The van der Waals surface area contributed by atoms with Gasteiger partial charge in [-0.1, -0.05) is 38.8 Å². The van der Waals surface area contributed by atoms with Gasteiger partial charge in [-0.05, 0) is 51.0 Å². The van der Waals surface area contributed by atoms with Gasteiger partial charge in [0.15, 0.2) is 0 Å². The van der Waals surface area contributed by atoms with Crippen LogP contribution in [0, 0.1) is 5.41 Å². The molecule has 29 heavy (non-hydrogen) atoms. The third kappa shape index (κ3) is 4.30. The van der Waals surface area contributed by atoms with Gasteiger partial charge in [-0.2, -0.15) is 0 Å². The SMILES string of the molecule is CCCC(CCC)N1CCC(N2C(=O)C(C)(CC(=O)OC)C3=CCCC=C32)CC1. The lowest BCUT2D eigenvalue weighted by atomic mass is 9.78. The number of methoxy groups -OCH3 is 1. The van der Waals surface area contributed by atoms with Crippen LogP contribution in [-0.2, 0) is 14.3 Å². The topological polar surface area (TPSA) is 49.9 Å². The molecule has 0 aromatic rings. The molecule has 1 amide bonds. The Morgan fingerprint density at radius 3 is 2.38 bits per heavy atom. The number of piperidine rings is 1. The second kappa shape index (κ2) is 9.46. The van der Waals surface area contributed by atoms with E-state index in [-0.39, 0.29) is 24.3 Å². The number of carbonyl (C=O) groups excluding carboxylic acids is 2. The molecule has 0 N–H and O–H groups in total. The average Bonchev–Trinajstić information content (AvgIpc) is 2.95. The fourth-order valence-electron chi connectivity index (χ4n) is 5.47. The zero-order chi connectivity index (χ0) is 21.0. The zero-order valence-corrected chi connectivity index (χ0v) is 18.7. The quantitative estimate of drug-likeness (QED) is 0.564. The first-order valence-electron chi connectivity index (χ1n) is 11.5. The fourth-order valence-corrected chi connectivity index (χ4v) is 5.47. The number of hydrogen-bond acceptors (Lipinski definition) is 4. The molecule has 2 aliphatic heterocycles. The van der Waals surface area contributed by atoms with Gasteiger partial charge in [-0.3, -0.25) is 9.59 Å². The average molecular weight is 403 g/mol. The monoisotopic (exact) mass is 402 g/mol. The van der Waals surface area contributed by atoms with Gasteiger partial charge in [0.1, 0.15) is 0 Å². The number of amides is 1. The van der Waals surface area contributed by atoms with Crippen molar-refractivity contribution in [2.24, 2.45) is 5.41 Å². The first kappa shape index (κ1) is 22.1. The third-order valence-corrected chi connectivity index (χ3v) is 7.02. The molecule has 0 bridgehead atoms. The smallest absolute Gasteiger partial charge is 0.306 e. The summed E-state index contributed by atoms with van der Waals surface area (Å²) in [7, 11) is 1.40. The molecule has 0 aromatic carbocycles. The predicted octanol–water partition coefficient (Wildman–Crippen LogP) is 4.44. The highest BCUT2D eigenvalue weighted by atomic mass is 16.5. The largest absolute Gasteiger partial charge is 0.469 e. The molecule has 0 radical (unpaired) electrons. The van der Waals surface area contributed by atoms with Gasteiger partial charge in [0.25, 0.3) is 0 Å². The molecule has 1 aliphatic carbocycles. The summed E-state index contributed by atoms with van der Waals surface area (Å²) in [5.41, 5.74) is 1.31. The van der Waals surface area contributed by atoms with Crippen LogP contribution in [0.3, 0.4) is 0 Å². The first-order valence-corrected chi connectivity index (χ1v) is 11.5. The van der Waals surface area contributed by atoms with Gasteiger partial charge < -0.3 is 14.5 Å². The van der Waals surface area contributed by atoms with E-state index in [1.807, 2.05) is 11.8 Å². The molecule has 3 rings (SSSR count). The van der Waals surface area contributed by atoms with Crippen molar-refractivity contribution >= 4 is 11.9 Å². The molecule has 162 valence electrons. The molecule has 1 atom stereocenters. The van der Waals surface area contributed by atoms with Crippen molar-refractivity contribution in [3.8, 4) is 0 Å². The van der Waals surface area contributed by atoms with E-state index in [0.717, 1.165) is 50.0 Å². The van der Waals surface area contributed by atoms with Gasteiger partial charge >= 0.3 is 5.97 Å². The van der Waals surface area contributed by atoms with Crippen LogP contribution >= 0.6 is 0 Å². The van der Waals surface area contributed by atoms with Gasteiger partial charge in [0.2, 0.25) is 5.91 Å². The number of esters is 1. The van der Waals surface area contributed by atoms with Gasteiger partial charge in [0, 0.05) is 30.9 Å². The normalized spacial score (nSPS) is 25.8. The number of ether oxygens (including phenoxy) is 1. The summed E-state index contributed by atoms with van der Waals surface area (Å²) in [5.74, 6) is -0.232. The highest BCUT2D eigenvalue weighted by Gasteiger charge is 2.53. The highest BCUT2D eigenvalue weighted by Crippen LogP contribution is 2.49. The minimum atomic E-state index is -0.788. The molecule has 5 heteroatoms. The molecular weight excluding hydrogens is 364 g/mol. The van der Waals surface area contributed by atoms with Crippen LogP contribution in [0.15, 0.2) is 23.4 Å². The summed E-state index contributed by atoms with van der Waals surface area (Å²) >= 11 is 0. The van der Waals surface area contributed by atoms with Crippen LogP contribution < -0.4 is 0 Å². The fraction of sp³-hybridized carbons (Fsp3) is 0.750. The number of rotatable bonds is 8. The van der Waals surface area contributed by atoms with Gasteiger partial charge in [-0.15, -0.1) is 0 Å². The molecule has 0 spiro atoms. The van der Waals surface area contributed by atoms with Crippen LogP contribution in [0.2, 0.25) is 0 Å². The Kier molecular flexibility index (Phi) is 7.20. The Bertz CT molecular complexity index is 670. The van der Waals surface area contributed by atoms with E-state index in [2.05, 4.69) is 30.9 Å². The molecule has 3 aliphatic rings. The van der Waals surface area contributed by atoms with E-state index in [0.29, 0.717) is 6.04 Å². The number of likely N-dealkylation sites (tertiary alicyclic amines) is 2. The predicted molar refractivity (Wildman–Crippen MR) is 115 cm³/mol. The molecule has 5 nitrogen and oxygen atoms in total. The molecule has 2 heterocycles. The Morgan fingerprint density at radius 1 is 1.17 bits per heavy atom. The van der Waals surface area contributed by atoms with Crippen molar-refractivity contribution in [1.82, 2.24) is 9.80 Å². The van der Waals surface area contributed by atoms with E-state index in [1.165, 1.54) is 32.8 Å². The summed E-state index contributed by atoms with van der Waals surface area (Å²) in [6.07, 6.45) is 13.4. The summed E-state index contributed by atoms with van der Waals surface area (Å²) in [4.78, 5) is 30.3. The second-order valence-electron chi connectivity index (χ2n) is 9.04. The van der Waals surface area contributed by atoms with Gasteiger partial charge in [0.05, 0.1) is 18.9 Å². The van der Waals surface area contributed by atoms with Crippen LogP contribution in [0.5, 0.6) is 0 Å². The Balaban J connectivity index is 1.76. The van der Waals surface area contributed by atoms with Crippen molar-refractivity contribution < 1.29 is 14.3 Å². The standard InChI is InChI=1S/C24H38N2O3/c1-5-9-18(10-6-2)25-15-13-19(14-16-25)26-21-12-8-7-11-20(21)24(3,23(26)28)17-22(27)29-4/h11-12,18-19H,5-10,13-17H2,1-4H3. The van der Waals surface area contributed by atoms with E-state index < -0.39 is 5.41 Å². The van der Waals surface area contributed by atoms with E-state index in [1.54, 1.807) is 0 Å². The lowest BCUT2D eigenvalue weighted by Crippen LogP contribution is -2.49. The number of hydrogen-bond donors (Lipinski definition) is 0. The first-order chi connectivity index (χ1) is 14.0. The van der Waals surface area contributed by atoms with Crippen LogP contribution in [0.4, 0.5) is 0 Å². The maximum atomic E-state index is 13.6. The second-order valence-corrected chi connectivity index (χ2v) is 9.04. The molecule has 2 fully saturated rings. The molecular formula is C24H38N2O3. The summed E-state index contributed by atoms with van der Waals surface area (Å²) in [6, 6.07) is 0.907. The van der Waals surface area contributed by atoms with Crippen molar-refractivity contribution in [3.63, 3.8) is 0 Å². The van der Waals surface area contributed by atoms with Crippen molar-refractivity contribution in [2.75, 3.05) is 20.2 Å². The summed E-state index contributed by atoms with van der Waals surface area (Å²) in [6.45, 7) is 8.57. The van der Waals surface area contributed by atoms with E-state index in [9.17, 15) is 9.59 Å². The Hall–Kier alpha value is -1.62. The Morgan fingerprint density at radius 2 is 1.79 bits per heavy atom. The lowest BCUT2D eigenvalue weighted by molar-refractivity contribution is -0.148. The molecule has 2 saturated heterocycles. The van der Waals surface area contributed by atoms with Crippen LogP contribution in [0.25, 0.3) is 0 Å². The highest BCUT2D eigenvalue weighted by molar-refractivity contribution is 5.97. The number of carbonyl (C=O) groups is 2. The van der Waals surface area contributed by atoms with Crippen molar-refractivity contribution in [2.45, 2.75) is 90.6 Å². The Labute approximate surface area is 176 Å². The van der Waals surface area contributed by atoms with E-state index >= 15 is 0 Å². The minimum Gasteiger partial charge on any atom is -0.469 e. The van der Waals surface area contributed by atoms with Gasteiger partial charge in [-0.25, -0.2) is 0 Å². The van der Waals surface area contributed by atoms with Crippen LogP contribution in [0.1, 0.15) is 78.6 Å². The van der Waals surface area contributed by atoms with Crippen LogP contribution in [-0.4, -0.2) is 54.0 Å². The minimum absolute atomic E-state index is 0.0828. The number of fused-ring (bicyclic) bond motifs is 1. The number of nitrogens with zero attached hydrogens (tertiary/aromatic N) is 2. The molecule has 0 saturated carbocycles. The maximum absolute atomic E-state index is 13.6. The van der Waals surface area contributed by atoms with Crippen molar-refractivity contribution in [1.29, 1.82) is 0 Å². The third-order valence-electron chi connectivity index (χ3n) is 7.02. The molecule has 0 aromatic heterocycles. The number of allylic oxidation sites excluding steroid dienone is 3.